The van der Waals surface area contributed by atoms with Gasteiger partial charge >= 0.3 is 0 Å². The van der Waals surface area contributed by atoms with E-state index in [0.717, 1.165) is 0 Å². The summed E-state index contributed by atoms with van der Waals surface area (Å²) in [7, 11) is 0. The molecule has 1 aromatic heterocycles. The first-order valence-corrected chi connectivity index (χ1v) is 7.33. The Kier molecular flexibility index (Phi) is 4.24. The van der Waals surface area contributed by atoms with Gasteiger partial charge in [0.15, 0.2) is 24.0 Å². The molecule has 3 rings (SSSR count). The molecule has 24 heavy (non-hydrogen) atoms. The van der Waals surface area contributed by atoms with Crippen LogP contribution in [0.5, 0.6) is 5.75 Å². The molecule has 0 saturated carbocycles. The van der Waals surface area contributed by atoms with Crippen molar-refractivity contribution in [3.05, 3.63) is 48.2 Å². The smallest absolute Gasteiger partial charge is 0.266 e. The van der Waals surface area contributed by atoms with Gasteiger partial charge in [-0.25, -0.2) is 4.98 Å². The third-order valence-electron chi connectivity index (χ3n) is 3.51. The van der Waals surface area contributed by atoms with Crippen molar-refractivity contribution < 1.29 is 19.1 Å². The summed E-state index contributed by atoms with van der Waals surface area (Å²) >= 11 is 0. The van der Waals surface area contributed by atoms with Gasteiger partial charge in [-0.2, -0.15) is 0 Å². The second kappa shape index (κ2) is 6.49. The highest BCUT2D eigenvalue weighted by Gasteiger charge is 2.28. The largest absolute Gasteiger partial charge is 0.480 e. The molecule has 7 nitrogen and oxygen atoms in total. The summed E-state index contributed by atoms with van der Waals surface area (Å²) in [4.78, 5) is 41.1. The molecular formula is C17H15N3O4. The summed E-state index contributed by atoms with van der Waals surface area (Å²) < 4.78 is 5.28. The van der Waals surface area contributed by atoms with Crippen molar-refractivity contribution in [2.24, 2.45) is 0 Å². The van der Waals surface area contributed by atoms with Crippen LogP contribution < -0.4 is 15.0 Å². The molecule has 0 fully saturated rings. The van der Waals surface area contributed by atoms with Crippen LogP contribution in [-0.4, -0.2) is 35.7 Å². The average molecular weight is 325 g/mol. The van der Waals surface area contributed by atoms with E-state index in [-0.39, 0.29) is 30.7 Å². The van der Waals surface area contributed by atoms with Gasteiger partial charge in [0.2, 0.25) is 5.91 Å². The second-order valence-corrected chi connectivity index (χ2v) is 5.28. The van der Waals surface area contributed by atoms with E-state index in [9.17, 15) is 14.4 Å². The van der Waals surface area contributed by atoms with Crippen LogP contribution in [0.3, 0.4) is 0 Å². The van der Waals surface area contributed by atoms with Crippen molar-refractivity contribution in [3.8, 4) is 5.75 Å². The highest BCUT2D eigenvalue weighted by molar-refractivity contribution is 6.04. The minimum absolute atomic E-state index is 0.0902. The highest BCUT2D eigenvalue weighted by Crippen LogP contribution is 2.28. The molecule has 0 spiro atoms. The summed E-state index contributed by atoms with van der Waals surface area (Å²) in [6.07, 6.45) is 1.53. The standard InChI is InChI=1S/C17H15N3O4/c1-11(21)12-4-2-5-13(8-12)19-15(22)9-20-16(23)10-24-14-6-3-7-18-17(14)20/h2-8H,9-10H2,1H3,(H,19,22). The Labute approximate surface area is 138 Å². The van der Waals surface area contributed by atoms with Crippen LogP contribution in [0.15, 0.2) is 42.6 Å². The number of nitrogens with zero attached hydrogens (tertiary/aromatic N) is 2. The Morgan fingerprint density at radius 1 is 1.29 bits per heavy atom. The molecule has 1 aliphatic heterocycles. The summed E-state index contributed by atoms with van der Waals surface area (Å²) in [5, 5.41) is 2.68. The van der Waals surface area contributed by atoms with Crippen LogP contribution in [0, 0.1) is 0 Å². The van der Waals surface area contributed by atoms with Crippen LogP contribution >= 0.6 is 0 Å². The average Bonchev–Trinajstić information content (AvgIpc) is 2.57. The van der Waals surface area contributed by atoms with E-state index >= 15 is 0 Å². The molecule has 1 aliphatic rings. The molecule has 1 aromatic carbocycles. The molecule has 1 N–H and O–H groups in total. The minimum Gasteiger partial charge on any atom is -0.480 e. The maximum absolute atomic E-state index is 12.3. The van der Waals surface area contributed by atoms with Crippen LogP contribution in [0.1, 0.15) is 17.3 Å². The molecule has 0 radical (unpaired) electrons. The van der Waals surface area contributed by atoms with Crippen molar-refractivity contribution in [3.63, 3.8) is 0 Å². The summed E-state index contributed by atoms with van der Waals surface area (Å²) in [5.41, 5.74) is 0.997. The maximum Gasteiger partial charge on any atom is 0.266 e. The first-order valence-electron chi connectivity index (χ1n) is 7.33. The highest BCUT2D eigenvalue weighted by atomic mass is 16.5. The summed E-state index contributed by atoms with van der Waals surface area (Å²) in [6.45, 7) is 1.14. The van der Waals surface area contributed by atoms with Gasteiger partial charge in [0.25, 0.3) is 5.91 Å². The van der Waals surface area contributed by atoms with E-state index in [4.69, 9.17) is 4.74 Å². The third-order valence-corrected chi connectivity index (χ3v) is 3.51. The number of benzene rings is 1. The number of carbonyl (C=O) groups excluding carboxylic acids is 3. The van der Waals surface area contributed by atoms with Gasteiger partial charge in [0, 0.05) is 17.4 Å². The lowest BCUT2D eigenvalue weighted by Crippen LogP contribution is -2.43. The zero-order chi connectivity index (χ0) is 17.1. The Morgan fingerprint density at radius 2 is 2.12 bits per heavy atom. The lowest BCUT2D eigenvalue weighted by atomic mass is 10.1. The van der Waals surface area contributed by atoms with E-state index in [1.165, 1.54) is 18.0 Å². The Hall–Kier alpha value is -3.22. The number of anilines is 2. The molecule has 0 bridgehead atoms. The fourth-order valence-electron chi connectivity index (χ4n) is 2.36. The van der Waals surface area contributed by atoms with Crippen molar-refractivity contribution in [2.45, 2.75) is 6.92 Å². The number of hydrogen-bond donors (Lipinski definition) is 1. The van der Waals surface area contributed by atoms with Crippen LogP contribution in [-0.2, 0) is 9.59 Å². The van der Waals surface area contributed by atoms with Gasteiger partial charge in [-0.15, -0.1) is 0 Å². The van der Waals surface area contributed by atoms with Crippen molar-refractivity contribution in [2.75, 3.05) is 23.4 Å². The molecule has 0 atom stereocenters. The maximum atomic E-state index is 12.3. The molecule has 2 heterocycles. The number of ketones is 1. The molecule has 122 valence electrons. The fraction of sp³-hybridized carbons (Fsp3) is 0.176. The number of pyridine rings is 1. The van der Waals surface area contributed by atoms with Gasteiger partial charge in [0.1, 0.15) is 6.54 Å². The first-order chi connectivity index (χ1) is 11.5. The molecular weight excluding hydrogens is 310 g/mol. The fourth-order valence-corrected chi connectivity index (χ4v) is 2.36. The van der Waals surface area contributed by atoms with Crippen LogP contribution in [0.25, 0.3) is 0 Å². The van der Waals surface area contributed by atoms with Gasteiger partial charge < -0.3 is 10.1 Å². The van der Waals surface area contributed by atoms with Gasteiger partial charge in [0.05, 0.1) is 0 Å². The Bertz CT molecular complexity index is 819. The number of carbonyl (C=O) groups is 3. The molecule has 0 saturated heterocycles. The summed E-state index contributed by atoms with van der Waals surface area (Å²) in [6, 6.07) is 10.0. The first kappa shape index (κ1) is 15.7. The van der Waals surface area contributed by atoms with Gasteiger partial charge in [-0.3, -0.25) is 19.3 Å². The van der Waals surface area contributed by atoms with E-state index in [1.807, 2.05) is 0 Å². The number of aromatic nitrogens is 1. The quantitative estimate of drug-likeness (QED) is 0.864. The van der Waals surface area contributed by atoms with Crippen molar-refractivity contribution in [1.82, 2.24) is 4.98 Å². The lowest BCUT2D eigenvalue weighted by Gasteiger charge is -2.27. The monoisotopic (exact) mass is 325 g/mol. The predicted molar refractivity (Wildman–Crippen MR) is 87.2 cm³/mol. The molecule has 2 aromatic rings. The van der Waals surface area contributed by atoms with Crippen LogP contribution in [0.4, 0.5) is 11.5 Å². The molecule has 0 aliphatic carbocycles. The number of fused-ring (bicyclic) bond motifs is 1. The van der Waals surface area contributed by atoms with E-state index in [1.54, 1.807) is 36.4 Å². The van der Waals surface area contributed by atoms with E-state index < -0.39 is 0 Å². The third kappa shape index (κ3) is 3.24. The number of hydrogen-bond acceptors (Lipinski definition) is 5. The van der Waals surface area contributed by atoms with E-state index in [0.29, 0.717) is 22.8 Å². The number of rotatable bonds is 4. The van der Waals surface area contributed by atoms with Gasteiger partial charge in [-0.05, 0) is 31.2 Å². The second-order valence-electron chi connectivity index (χ2n) is 5.28. The van der Waals surface area contributed by atoms with E-state index in [2.05, 4.69) is 10.3 Å². The molecule has 0 unspecified atom stereocenters. The lowest BCUT2D eigenvalue weighted by molar-refractivity contribution is -0.123. The zero-order valence-electron chi connectivity index (χ0n) is 13.0. The topological polar surface area (TPSA) is 88.6 Å². The number of ether oxygens (including phenoxy) is 1. The number of nitrogens with one attached hydrogen (secondary N) is 1. The molecule has 2 amide bonds. The van der Waals surface area contributed by atoms with Crippen molar-refractivity contribution in [1.29, 1.82) is 0 Å². The number of amides is 2. The Balaban J connectivity index is 1.74. The normalized spacial score (nSPS) is 13.0. The SMILES string of the molecule is CC(=O)c1cccc(NC(=O)CN2C(=O)COc3cccnc32)c1. The predicted octanol–water partition coefficient (Wildman–Crippen LogP) is 1.65. The van der Waals surface area contributed by atoms with Crippen molar-refractivity contribution >= 4 is 29.1 Å². The molecule has 7 heteroatoms. The Morgan fingerprint density at radius 3 is 2.92 bits per heavy atom. The van der Waals surface area contributed by atoms with Gasteiger partial charge in [-0.1, -0.05) is 12.1 Å². The summed E-state index contributed by atoms with van der Waals surface area (Å²) in [5.74, 6) is -0.0335. The number of Topliss-reactive ketones (excluding diaryl/α,β-unsaturated/α-hetero) is 1. The minimum atomic E-state index is -0.387. The zero-order valence-corrected chi connectivity index (χ0v) is 13.0. The van der Waals surface area contributed by atoms with Crippen LogP contribution in [0.2, 0.25) is 0 Å².